The Kier molecular flexibility index (Phi) is 5.54. The number of carbonyl (C=O) groups excluding carboxylic acids is 1. The van der Waals surface area contributed by atoms with Gasteiger partial charge in [-0.25, -0.2) is 4.79 Å². The normalized spacial score (nSPS) is 10.9. The van der Waals surface area contributed by atoms with Crippen LogP contribution in [-0.4, -0.2) is 23.9 Å². The number of aryl methyl sites for hydroxylation is 1. The first-order valence-corrected chi connectivity index (χ1v) is 7.89. The van der Waals surface area contributed by atoms with E-state index in [4.69, 9.17) is 4.74 Å². The van der Waals surface area contributed by atoms with Crippen LogP contribution in [0.3, 0.4) is 0 Å². The molecule has 0 amide bonds. The van der Waals surface area contributed by atoms with Gasteiger partial charge in [-0.2, -0.15) is 0 Å². The molecule has 0 spiro atoms. The third-order valence-corrected chi connectivity index (χ3v) is 3.77. The first-order chi connectivity index (χ1) is 10.5. The van der Waals surface area contributed by atoms with Gasteiger partial charge in [-0.15, -0.1) is 0 Å². The Balaban J connectivity index is 2.27. The summed E-state index contributed by atoms with van der Waals surface area (Å²) in [5, 5.41) is 10.0. The molecule has 0 aromatic heterocycles. The molecule has 2 aromatic rings. The lowest BCUT2D eigenvalue weighted by Crippen LogP contribution is -2.03. The smallest absolute Gasteiger partial charge is 0.338 e. The van der Waals surface area contributed by atoms with Crippen molar-refractivity contribution in [3.8, 4) is 5.75 Å². The zero-order valence-corrected chi connectivity index (χ0v) is 14.5. The van der Waals surface area contributed by atoms with E-state index in [9.17, 15) is 9.90 Å². The van der Waals surface area contributed by atoms with Crippen LogP contribution >= 0.6 is 22.6 Å². The van der Waals surface area contributed by atoms with E-state index >= 15 is 0 Å². The topological polar surface area (TPSA) is 58.9 Å². The van der Waals surface area contributed by atoms with Crippen LogP contribution < -0.4 is 0 Å². The van der Waals surface area contributed by atoms with Crippen molar-refractivity contribution in [3.63, 3.8) is 0 Å². The molecule has 0 radical (unpaired) electrons. The number of nitrogens with zero attached hydrogens (tertiary/aromatic N) is 1. The summed E-state index contributed by atoms with van der Waals surface area (Å²) in [6.45, 7) is 4.06. The van der Waals surface area contributed by atoms with Gasteiger partial charge < -0.3 is 9.84 Å². The number of hydrogen-bond donors (Lipinski definition) is 1. The van der Waals surface area contributed by atoms with Gasteiger partial charge in [0.15, 0.2) is 0 Å². The van der Waals surface area contributed by atoms with Gasteiger partial charge in [0.05, 0.1) is 21.4 Å². The number of hydrogen-bond acceptors (Lipinski definition) is 4. The average molecular weight is 409 g/mol. The molecule has 4 nitrogen and oxygen atoms in total. The maximum atomic E-state index is 11.7. The Morgan fingerprint density at radius 2 is 2.14 bits per heavy atom. The van der Waals surface area contributed by atoms with Crippen molar-refractivity contribution in [2.45, 2.75) is 13.8 Å². The predicted octanol–water partition coefficient (Wildman–Crippen LogP) is 4.23. The maximum absolute atomic E-state index is 11.7. The number of carbonyl (C=O) groups is 1. The van der Waals surface area contributed by atoms with Crippen molar-refractivity contribution in [2.75, 3.05) is 6.61 Å². The first kappa shape index (κ1) is 16.5. The highest BCUT2D eigenvalue weighted by atomic mass is 127. The highest BCUT2D eigenvalue weighted by Gasteiger charge is 2.07. The number of rotatable bonds is 4. The van der Waals surface area contributed by atoms with E-state index in [0.29, 0.717) is 23.4 Å². The van der Waals surface area contributed by atoms with E-state index in [2.05, 4.69) is 27.6 Å². The summed E-state index contributed by atoms with van der Waals surface area (Å²) in [5.74, 6) is -0.163. The molecule has 114 valence electrons. The fourth-order valence-corrected chi connectivity index (χ4v) is 2.73. The highest BCUT2D eigenvalue weighted by Crippen LogP contribution is 2.25. The fraction of sp³-hybridized carbons (Fsp3) is 0.176. The fourth-order valence-electron chi connectivity index (χ4n) is 1.93. The molecule has 0 fully saturated rings. The van der Waals surface area contributed by atoms with Gasteiger partial charge in [-0.1, -0.05) is 6.07 Å². The van der Waals surface area contributed by atoms with Crippen LogP contribution in [0.25, 0.3) is 0 Å². The van der Waals surface area contributed by atoms with Gasteiger partial charge in [-0.05, 0) is 72.3 Å². The molecule has 22 heavy (non-hydrogen) atoms. The van der Waals surface area contributed by atoms with Gasteiger partial charge in [0, 0.05) is 11.8 Å². The largest absolute Gasteiger partial charge is 0.506 e. The number of phenolic OH excluding ortho intramolecular Hbond substituents is 1. The van der Waals surface area contributed by atoms with Gasteiger partial charge >= 0.3 is 5.97 Å². The van der Waals surface area contributed by atoms with Crippen LogP contribution in [0.2, 0.25) is 0 Å². The molecule has 0 heterocycles. The van der Waals surface area contributed by atoms with Crippen LogP contribution in [0.1, 0.15) is 28.4 Å². The van der Waals surface area contributed by atoms with Crippen molar-refractivity contribution in [3.05, 3.63) is 56.7 Å². The van der Waals surface area contributed by atoms with Crippen molar-refractivity contribution in [2.24, 2.45) is 4.99 Å². The zero-order chi connectivity index (χ0) is 16.1. The lowest BCUT2D eigenvalue weighted by Gasteiger charge is -2.04. The summed E-state index contributed by atoms with van der Waals surface area (Å²) < 4.78 is 5.74. The Bertz CT molecular complexity index is 726. The second-order valence-corrected chi connectivity index (χ2v) is 5.88. The first-order valence-electron chi connectivity index (χ1n) is 6.81. The van der Waals surface area contributed by atoms with Crippen LogP contribution in [0, 0.1) is 10.5 Å². The SMILES string of the molecule is CCOC(=O)c1cccc(N=Cc2cc(C)cc(I)c2O)c1. The number of benzene rings is 2. The maximum Gasteiger partial charge on any atom is 0.338 e. The molecule has 0 saturated heterocycles. The molecule has 0 bridgehead atoms. The average Bonchev–Trinajstić information content (AvgIpc) is 2.50. The summed E-state index contributed by atoms with van der Waals surface area (Å²) in [6, 6.07) is 10.6. The second kappa shape index (κ2) is 7.40. The van der Waals surface area contributed by atoms with E-state index in [1.165, 1.54) is 0 Å². The standard InChI is InChI=1S/C17H16INO3/c1-3-22-17(21)12-5-4-6-14(9-12)19-10-13-7-11(2)8-15(18)16(13)20/h4-10,20H,3H2,1-2H3. The molecule has 0 aliphatic rings. The minimum absolute atomic E-state index is 0.205. The summed E-state index contributed by atoms with van der Waals surface area (Å²) in [7, 11) is 0. The third-order valence-electron chi connectivity index (χ3n) is 2.95. The van der Waals surface area contributed by atoms with E-state index < -0.39 is 0 Å². The number of esters is 1. The molecule has 0 saturated carbocycles. The van der Waals surface area contributed by atoms with Crippen LogP contribution in [-0.2, 0) is 4.74 Å². The second-order valence-electron chi connectivity index (χ2n) is 4.71. The van der Waals surface area contributed by atoms with Gasteiger partial charge in [0.2, 0.25) is 0 Å². The number of aliphatic imine (C=N–C) groups is 1. The van der Waals surface area contributed by atoms with Crippen molar-refractivity contribution in [1.29, 1.82) is 0 Å². The minimum Gasteiger partial charge on any atom is -0.506 e. The van der Waals surface area contributed by atoms with Crippen molar-refractivity contribution in [1.82, 2.24) is 0 Å². The molecular formula is C17H16INO3. The monoisotopic (exact) mass is 409 g/mol. The van der Waals surface area contributed by atoms with Crippen molar-refractivity contribution >= 4 is 40.5 Å². The molecule has 0 atom stereocenters. The highest BCUT2D eigenvalue weighted by molar-refractivity contribution is 14.1. The van der Waals surface area contributed by atoms with Crippen LogP contribution in [0.15, 0.2) is 41.4 Å². The van der Waals surface area contributed by atoms with Crippen molar-refractivity contribution < 1.29 is 14.6 Å². The summed E-state index contributed by atoms with van der Waals surface area (Å²) in [6.07, 6.45) is 1.59. The van der Waals surface area contributed by atoms with Gasteiger partial charge in [-0.3, -0.25) is 4.99 Å². The van der Waals surface area contributed by atoms with Gasteiger partial charge in [0.1, 0.15) is 5.75 Å². The van der Waals surface area contributed by atoms with Crippen LogP contribution in [0.4, 0.5) is 5.69 Å². The third kappa shape index (κ3) is 4.07. The molecule has 0 aliphatic heterocycles. The Hall–Kier alpha value is -1.89. The predicted molar refractivity (Wildman–Crippen MR) is 95.2 cm³/mol. The Morgan fingerprint density at radius 3 is 2.86 bits per heavy atom. The quantitative estimate of drug-likeness (QED) is 0.467. The molecule has 2 aromatic carbocycles. The van der Waals surface area contributed by atoms with E-state index in [-0.39, 0.29) is 11.7 Å². The lowest BCUT2D eigenvalue weighted by atomic mass is 10.1. The number of halogens is 1. The zero-order valence-electron chi connectivity index (χ0n) is 12.3. The number of aromatic hydroxyl groups is 1. The summed E-state index contributed by atoms with van der Waals surface area (Å²) in [4.78, 5) is 16.0. The molecule has 0 unspecified atom stereocenters. The minimum atomic E-state index is -0.368. The number of phenols is 1. The lowest BCUT2D eigenvalue weighted by molar-refractivity contribution is 0.0526. The molecule has 0 aliphatic carbocycles. The molecule has 5 heteroatoms. The Labute approximate surface area is 143 Å². The summed E-state index contributed by atoms with van der Waals surface area (Å²) >= 11 is 2.08. The van der Waals surface area contributed by atoms with E-state index in [1.54, 1.807) is 37.4 Å². The molecule has 2 rings (SSSR count). The van der Waals surface area contributed by atoms with E-state index in [0.717, 1.165) is 9.13 Å². The van der Waals surface area contributed by atoms with Crippen LogP contribution in [0.5, 0.6) is 5.75 Å². The Morgan fingerprint density at radius 1 is 1.36 bits per heavy atom. The number of ether oxygens (including phenoxy) is 1. The summed E-state index contributed by atoms with van der Waals surface area (Å²) in [5.41, 5.74) is 2.77. The van der Waals surface area contributed by atoms with E-state index in [1.807, 2.05) is 19.1 Å². The molecular weight excluding hydrogens is 393 g/mol. The van der Waals surface area contributed by atoms with Gasteiger partial charge in [0.25, 0.3) is 0 Å². The molecule has 1 N–H and O–H groups in total.